The normalized spacial score (nSPS) is 12.9. The third-order valence-electron chi connectivity index (χ3n) is 1.67. The molecule has 0 aromatic heterocycles. The summed E-state index contributed by atoms with van der Waals surface area (Å²) in [6.07, 6.45) is 1.85. The Morgan fingerprint density at radius 2 is 1.38 bits per heavy atom. The van der Waals surface area contributed by atoms with E-state index >= 15 is 0 Å². The quantitative estimate of drug-likeness (QED) is 0.774. The summed E-state index contributed by atoms with van der Waals surface area (Å²) >= 11 is 0.827. The lowest BCUT2D eigenvalue weighted by atomic mass is 10.4. The summed E-state index contributed by atoms with van der Waals surface area (Å²) in [5, 5.41) is 0. The maximum absolute atomic E-state index is 11.4. The molecule has 1 rings (SSSR count). The average Bonchev–Trinajstić information content (AvgIpc) is 2.12. The van der Waals surface area contributed by atoms with Crippen molar-refractivity contribution in [3.8, 4) is 0 Å². The molecule has 0 unspecified atom stereocenters. The fraction of sp³-hybridized carbons (Fsp3) is 0.333. The van der Waals surface area contributed by atoms with Gasteiger partial charge in [-0.05, 0) is 12.1 Å². The molecule has 90 valence electrons. The SMILES string of the molecule is CS(=O)(=O)C(Sc1ccccc1)S(C)(=O)=O. The Morgan fingerprint density at radius 3 is 1.75 bits per heavy atom. The Labute approximate surface area is 99.9 Å². The van der Waals surface area contributed by atoms with Gasteiger partial charge in [0.25, 0.3) is 0 Å². The average molecular weight is 280 g/mol. The van der Waals surface area contributed by atoms with E-state index in [1.54, 1.807) is 30.3 Å². The second-order valence-electron chi connectivity index (χ2n) is 3.38. The van der Waals surface area contributed by atoms with Gasteiger partial charge < -0.3 is 0 Å². The zero-order valence-electron chi connectivity index (χ0n) is 8.82. The van der Waals surface area contributed by atoms with Crippen molar-refractivity contribution in [3.63, 3.8) is 0 Å². The van der Waals surface area contributed by atoms with Crippen LogP contribution in [0.5, 0.6) is 0 Å². The zero-order chi connectivity index (χ0) is 12.4. The first-order valence-corrected chi connectivity index (χ1v) is 9.09. The van der Waals surface area contributed by atoms with Crippen LogP contribution in [0, 0.1) is 0 Å². The summed E-state index contributed by atoms with van der Waals surface area (Å²) in [4.78, 5) is 0.614. The van der Waals surface area contributed by atoms with E-state index in [2.05, 4.69) is 0 Å². The Morgan fingerprint density at radius 1 is 0.938 bits per heavy atom. The van der Waals surface area contributed by atoms with Crippen LogP contribution in [-0.2, 0) is 19.7 Å². The Balaban J connectivity index is 3.08. The molecule has 0 saturated carbocycles. The maximum Gasteiger partial charge on any atom is 0.211 e. The number of benzene rings is 1. The molecule has 0 radical (unpaired) electrons. The molecule has 1 aromatic carbocycles. The van der Waals surface area contributed by atoms with Crippen molar-refractivity contribution in [1.29, 1.82) is 0 Å². The van der Waals surface area contributed by atoms with E-state index in [0.29, 0.717) is 4.90 Å². The molecule has 0 bridgehead atoms. The van der Waals surface area contributed by atoms with Crippen LogP contribution in [0.15, 0.2) is 35.2 Å². The lowest BCUT2D eigenvalue weighted by Gasteiger charge is -2.12. The van der Waals surface area contributed by atoms with E-state index in [1.165, 1.54) is 0 Å². The highest BCUT2D eigenvalue weighted by molar-refractivity contribution is 8.26. The maximum atomic E-state index is 11.4. The minimum Gasteiger partial charge on any atom is -0.227 e. The summed E-state index contributed by atoms with van der Waals surface area (Å²) in [5.74, 6) is 0. The van der Waals surface area contributed by atoms with Gasteiger partial charge in [-0.2, -0.15) is 0 Å². The van der Waals surface area contributed by atoms with Crippen LogP contribution < -0.4 is 0 Å². The highest BCUT2D eigenvalue weighted by atomic mass is 32.3. The predicted octanol–water partition coefficient (Wildman–Crippen LogP) is 1.15. The molecule has 7 heteroatoms. The molecule has 0 saturated heterocycles. The van der Waals surface area contributed by atoms with Crippen molar-refractivity contribution in [2.75, 3.05) is 12.5 Å². The first-order chi connectivity index (χ1) is 7.21. The van der Waals surface area contributed by atoms with E-state index in [-0.39, 0.29) is 0 Å². The van der Waals surface area contributed by atoms with Crippen molar-refractivity contribution < 1.29 is 16.8 Å². The minimum absolute atomic E-state index is 0.614. The molecule has 0 amide bonds. The van der Waals surface area contributed by atoms with Gasteiger partial charge in [0.05, 0.1) is 0 Å². The smallest absolute Gasteiger partial charge is 0.211 e. The van der Waals surface area contributed by atoms with Gasteiger partial charge in [0.15, 0.2) is 19.7 Å². The van der Waals surface area contributed by atoms with Crippen LogP contribution in [0.25, 0.3) is 0 Å². The lowest BCUT2D eigenvalue weighted by molar-refractivity contribution is 0.592. The van der Waals surface area contributed by atoms with Gasteiger partial charge >= 0.3 is 0 Å². The fourth-order valence-electron chi connectivity index (χ4n) is 1.10. The molecule has 0 aliphatic carbocycles. The molecule has 0 atom stereocenters. The van der Waals surface area contributed by atoms with Crippen molar-refractivity contribution in [3.05, 3.63) is 30.3 Å². The summed E-state index contributed by atoms with van der Waals surface area (Å²) in [7, 11) is -7.29. The second kappa shape index (κ2) is 4.77. The van der Waals surface area contributed by atoms with Crippen molar-refractivity contribution in [2.24, 2.45) is 0 Å². The number of thioether (sulfide) groups is 1. The van der Waals surface area contributed by atoms with Crippen LogP contribution >= 0.6 is 11.8 Å². The number of hydrogen-bond donors (Lipinski definition) is 0. The molecule has 0 aliphatic rings. The second-order valence-corrected chi connectivity index (χ2v) is 9.71. The Bertz CT molecular complexity index is 514. The van der Waals surface area contributed by atoms with Crippen LogP contribution in [0.4, 0.5) is 0 Å². The van der Waals surface area contributed by atoms with Crippen molar-refractivity contribution >= 4 is 31.4 Å². The van der Waals surface area contributed by atoms with E-state index in [1.807, 2.05) is 0 Å². The Hall–Kier alpha value is -0.530. The predicted molar refractivity (Wildman–Crippen MR) is 65.8 cm³/mol. The van der Waals surface area contributed by atoms with Gasteiger partial charge in [0.1, 0.15) is 0 Å². The highest BCUT2D eigenvalue weighted by Gasteiger charge is 2.32. The number of hydrogen-bond acceptors (Lipinski definition) is 5. The summed E-state index contributed by atoms with van der Waals surface area (Å²) < 4.78 is 44.1. The molecule has 0 fully saturated rings. The molecule has 1 aromatic rings. The van der Waals surface area contributed by atoms with Gasteiger partial charge in [-0.25, -0.2) is 16.8 Å². The summed E-state index contributed by atoms with van der Waals surface area (Å²) in [6.45, 7) is 0. The summed E-state index contributed by atoms with van der Waals surface area (Å²) in [6, 6.07) is 8.58. The number of rotatable bonds is 4. The largest absolute Gasteiger partial charge is 0.227 e. The van der Waals surface area contributed by atoms with Gasteiger partial charge in [-0.1, -0.05) is 30.0 Å². The monoisotopic (exact) mass is 280 g/mol. The van der Waals surface area contributed by atoms with Crippen LogP contribution in [-0.4, -0.2) is 33.3 Å². The molecule has 16 heavy (non-hydrogen) atoms. The van der Waals surface area contributed by atoms with E-state index < -0.39 is 23.6 Å². The molecule has 0 spiro atoms. The van der Waals surface area contributed by atoms with Gasteiger partial charge in [0.2, 0.25) is 3.91 Å². The van der Waals surface area contributed by atoms with Crippen molar-refractivity contribution in [1.82, 2.24) is 0 Å². The number of sulfone groups is 2. The molecule has 0 heterocycles. The van der Waals surface area contributed by atoms with Gasteiger partial charge in [-0.15, -0.1) is 0 Å². The Kier molecular flexibility index (Phi) is 4.03. The van der Waals surface area contributed by atoms with E-state index in [0.717, 1.165) is 24.3 Å². The van der Waals surface area contributed by atoms with Crippen LogP contribution in [0.2, 0.25) is 0 Å². The van der Waals surface area contributed by atoms with Gasteiger partial charge in [-0.3, -0.25) is 0 Å². The molecular formula is C9H12O4S3. The third kappa shape index (κ3) is 3.80. The molecule has 0 aliphatic heterocycles. The fourth-order valence-corrected chi connectivity index (χ4v) is 6.24. The summed E-state index contributed by atoms with van der Waals surface area (Å²) in [5.41, 5.74) is 0. The molecule has 0 N–H and O–H groups in total. The standard InChI is InChI=1S/C9H12O4S3/c1-15(10,11)9(16(2,12)13)14-8-6-4-3-5-7-8/h3-7,9H,1-2H3. The van der Waals surface area contributed by atoms with Crippen molar-refractivity contribution in [2.45, 2.75) is 8.81 Å². The topological polar surface area (TPSA) is 68.3 Å². The zero-order valence-corrected chi connectivity index (χ0v) is 11.3. The van der Waals surface area contributed by atoms with E-state index in [9.17, 15) is 16.8 Å². The minimum atomic E-state index is -3.65. The third-order valence-corrected chi connectivity index (χ3v) is 8.58. The molecular weight excluding hydrogens is 268 g/mol. The first-order valence-electron chi connectivity index (χ1n) is 4.31. The van der Waals surface area contributed by atoms with Gasteiger partial charge in [0, 0.05) is 17.4 Å². The first kappa shape index (κ1) is 13.5. The van der Waals surface area contributed by atoms with Crippen LogP contribution in [0.1, 0.15) is 0 Å². The van der Waals surface area contributed by atoms with E-state index in [4.69, 9.17) is 0 Å². The highest BCUT2D eigenvalue weighted by Crippen LogP contribution is 2.29. The lowest BCUT2D eigenvalue weighted by Crippen LogP contribution is -2.25. The van der Waals surface area contributed by atoms with Crippen LogP contribution in [0.3, 0.4) is 0 Å². The molecule has 4 nitrogen and oxygen atoms in total.